The summed E-state index contributed by atoms with van der Waals surface area (Å²) in [5.74, 6) is -0.0227. The molecule has 1 saturated heterocycles. The molecule has 158 valence electrons. The van der Waals surface area contributed by atoms with Gasteiger partial charge >= 0.3 is 5.97 Å². The van der Waals surface area contributed by atoms with Crippen LogP contribution in [-0.4, -0.2) is 47.1 Å². The molecular formula is C23H32N2O4. The zero-order valence-electron chi connectivity index (χ0n) is 17.8. The number of piperidine rings is 1. The lowest BCUT2D eigenvalue weighted by atomic mass is 9.72. The number of para-hydroxylation sites is 1. The predicted octanol–water partition coefficient (Wildman–Crippen LogP) is 3.45. The molecule has 1 amide bonds. The molecule has 1 aliphatic rings. The molecule has 29 heavy (non-hydrogen) atoms. The summed E-state index contributed by atoms with van der Waals surface area (Å²) in [6, 6.07) is 7.87. The first-order chi connectivity index (χ1) is 13.9. The first kappa shape index (κ1) is 21.4. The Morgan fingerprint density at radius 1 is 1.34 bits per heavy atom. The van der Waals surface area contributed by atoms with E-state index in [1.807, 2.05) is 36.1 Å². The van der Waals surface area contributed by atoms with Gasteiger partial charge in [0.2, 0.25) is 5.91 Å². The maximum Gasteiger partial charge on any atom is 0.308 e. The van der Waals surface area contributed by atoms with Crippen LogP contribution in [0.15, 0.2) is 24.3 Å². The fourth-order valence-corrected chi connectivity index (χ4v) is 5.01. The molecule has 3 rings (SSSR count). The van der Waals surface area contributed by atoms with E-state index >= 15 is 0 Å². The average Bonchev–Trinajstić information content (AvgIpc) is 3.10. The maximum atomic E-state index is 12.6. The van der Waals surface area contributed by atoms with Crippen LogP contribution in [0.4, 0.5) is 0 Å². The van der Waals surface area contributed by atoms with Gasteiger partial charge in [0.25, 0.3) is 0 Å². The number of methoxy groups -OCH3 is 1. The van der Waals surface area contributed by atoms with Gasteiger partial charge in [0.05, 0.1) is 19.1 Å². The fraction of sp³-hybridized carbons (Fsp3) is 0.565. The van der Waals surface area contributed by atoms with Crippen LogP contribution in [-0.2, 0) is 20.7 Å². The van der Waals surface area contributed by atoms with Gasteiger partial charge in [-0.1, -0.05) is 38.5 Å². The average molecular weight is 401 g/mol. The lowest BCUT2D eigenvalue weighted by Gasteiger charge is -2.45. The minimum atomic E-state index is -0.229. The van der Waals surface area contributed by atoms with E-state index in [0.717, 1.165) is 28.6 Å². The van der Waals surface area contributed by atoms with E-state index in [-0.39, 0.29) is 42.3 Å². The normalized spacial score (nSPS) is 23.2. The van der Waals surface area contributed by atoms with E-state index in [1.54, 1.807) is 6.92 Å². The number of amides is 1. The third-order valence-electron chi connectivity index (χ3n) is 6.59. The number of hydrogen-bond donors (Lipinski definition) is 2. The summed E-state index contributed by atoms with van der Waals surface area (Å²) in [6.45, 7) is 6.32. The van der Waals surface area contributed by atoms with E-state index in [9.17, 15) is 14.7 Å². The van der Waals surface area contributed by atoms with Crippen LogP contribution >= 0.6 is 0 Å². The Morgan fingerprint density at radius 3 is 2.69 bits per heavy atom. The molecule has 1 fully saturated rings. The second-order valence-corrected chi connectivity index (χ2v) is 8.10. The number of ether oxygens (including phenoxy) is 1. The van der Waals surface area contributed by atoms with Gasteiger partial charge in [-0.2, -0.15) is 0 Å². The molecule has 2 N–H and O–H groups in total. The maximum absolute atomic E-state index is 12.6. The Balaban J connectivity index is 2.07. The molecule has 0 saturated carbocycles. The van der Waals surface area contributed by atoms with Crippen molar-refractivity contribution in [2.45, 2.75) is 46.1 Å². The van der Waals surface area contributed by atoms with Crippen molar-refractivity contribution < 1.29 is 19.4 Å². The number of rotatable bonds is 6. The van der Waals surface area contributed by atoms with Crippen LogP contribution in [0.3, 0.4) is 0 Å². The summed E-state index contributed by atoms with van der Waals surface area (Å²) in [6.07, 6.45) is 2.12. The van der Waals surface area contributed by atoms with E-state index in [2.05, 4.69) is 11.9 Å². The van der Waals surface area contributed by atoms with E-state index < -0.39 is 0 Å². The number of aromatic nitrogens is 1. The number of aromatic amines is 1. The molecule has 0 aliphatic carbocycles. The Kier molecular flexibility index (Phi) is 6.63. The van der Waals surface area contributed by atoms with E-state index in [0.29, 0.717) is 19.4 Å². The number of aliphatic hydroxyl groups excluding tert-OH is 1. The number of aliphatic hydroxyl groups is 1. The second-order valence-electron chi connectivity index (χ2n) is 8.10. The molecular weight excluding hydrogens is 368 g/mol. The van der Waals surface area contributed by atoms with Crippen molar-refractivity contribution in [1.82, 2.24) is 9.88 Å². The molecule has 2 aromatic rings. The van der Waals surface area contributed by atoms with Gasteiger partial charge in [0, 0.05) is 36.7 Å². The van der Waals surface area contributed by atoms with E-state index in [4.69, 9.17) is 4.74 Å². The number of hydrogen-bond acceptors (Lipinski definition) is 4. The fourth-order valence-electron chi connectivity index (χ4n) is 5.01. The zero-order chi connectivity index (χ0) is 21.1. The zero-order valence-corrected chi connectivity index (χ0v) is 17.8. The van der Waals surface area contributed by atoms with Gasteiger partial charge in [-0.25, -0.2) is 0 Å². The largest absolute Gasteiger partial charge is 0.469 e. The minimum Gasteiger partial charge on any atom is -0.469 e. The standard InChI is InChI=1S/C23H32N2O4/c1-5-16-13-25(15(3)27)21(12-19(16)14(2)23(28)29-4)22-18(10-11-26)17-8-6-7-9-20(17)24-22/h6-9,14,16,19,21,24,26H,5,10-13H2,1-4H3/t14-,16-,19-,21+/m1/s1. The van der Waals surface area contributed by atoms with Crippen molar-refractivity contribution in [3.63, 3.8) is 0 Å². The summed E-state index contributed by atoms with van der Waals surface area (Å²) in [5.41, 5.74) is 3.04. The number of H-pyrrole nitrogens is 1. The molecule has 4 atom stereocenters. The molecule has 1 aromatic heterocycles. The highest BCUT2D eigenvalue weighted by atomic mass is 16.5. The molecule has 2 heterocycles. The number of carbonyl (C=O) groups is 2. The number of esters is 1. The monoisotopic (exact) mass is 400 g/mol. The summed E-state index contributed by atoms with van der Waals surface area (Å²) in [4.78, 5) is 30.3. The molecule has 6 heteroatoms. The summed E-state index contributed by atoms with van der Waals surface area (Å²) >= 11 is 0. The lowest BCUT2D eigenvalue weighted by Crippen LogP contribution is -2.47. The van der Waals surface area contributed by atoms with Crippen molar-refractivity contribution in [2.75, 3.05) is 20.3 Å². The lowest BCUT2D eigenvalue weighted by molar-refractivity contribution is -0.150. The van der Waals surface area contributed by atoms with Crippen LogP contribution in [0, 0.1) is 17.8 Å². The van der Waals surface area contributed by atoms with Crippen LogP contribution in [0.1, 0.15) is 50.9 Å². The van der Waals surface area contributed by atoms with Crippen LogP contribution < -0.4 is 0 Å². The van der Waals surface area contributed by atoms with Crippen molar-refractivity contribution in [2.24, 2.45) is 17.8 Å². The highest BCUT2D eigenvalue weighted by molar-refractivity contribution is 5.85. The van der Waals surface area contributed by atoms with Gasteiger partial charge in [-0.05, 0) is 36.3 Å². The number of nitrogens with zero attached hydrogens (tertiary/aromatic N) is 1. The van der Waals surface area contributed by atoms with Crippen molar-refractivity contribution in [1.29, 1.82) is 0 Å². The summed E-state index contributed by atoms with van der Waals surface area (Å²) < 4.78 is 5.02. The Morgan fingerprint density at radius 2 is 2.07 bits per heavy atom. The third kappa shape index (κ3) is 4.04. The van der Waals surface area contributed by atoms with Crippen LogP contribution in [0.2, 0.25) is 0 Å². The van der Waals surface area contributed by atoms with Gasteiger partial charge < -0.3 is 19.7 Å². The molecule has 0 radical (unpaired) electrons. The summed E-state index contributed by atoms with van der Waals surface area (Å²) in [5, 5.41) is 10.7. The molecule has 0 bridgehead atoms. The first-order valence-electron chi connectivity index (χ1n) is 10.5. The smallest absolute Gasteiger partial charge is 0.308 e. The molecule has 6 nitrogen and oxygen atoms in total. The Bertz CT molecular complexity index is 875. The number of benzene rings is 1. The molecule has 1 aliphatic heterocycles. The van der Waals surface area contributed by atoms with Gasteiger partial charge in [-0.15, -0.1) is 0 Å². The third-order valence-corrected chi connectivity index (χ3v) is 6.59. The van der Waals surface area contributed by atoms with E-state index in [1.165, 1.54) is 7.11 Å². The van der Waals surface area contributed by atoms with Crippen LogP contribution in [0.5, 0.6) is 0 Å². The highest BCUT2D eigenvalue weighted by Gasteiger charge is 2.42. The van der Waals surface area contributed by atoms with Crippen molar-refractivity contribution >= 4 is 22.8 Å². The second kappa shape index (κ2) is 8.99. The Labute approximate surface area is 172 Å². The number of fused-ring (bicyclic) bond motifs is 1. The Hall–Kier alpha value is -2.34. The quantitative estimate of drug-likeness (QED) is 0.728. The summed E-state index contributed by atoms with van der Waals surface area (Å²) in [7, 11) is 1.43. The molecule has 1 aromatic carbocycles. The van der Waals surface area contributed by atoms with Gasteiger partial charge in [-0.3, -0.25) is 9.59 Å². The van der Waals surface area contributed by atoms with Gasteiger partial charge in [0.15, 0.2) is 0 Å². The minimum absolute atomic E-state index is 0.0335. The first-order valence-corrected chi connectivity index (χ1v) is 10.5. The highest BCUT2D eigenvalue weighted by Crippen LogP contribution is 2.44. The van der Waals surface area contributed by atoms with Gasteiger partial charge in [0.1, 0.15) is 0 Å². The van der Waals surface area contributed by atoms with Crippen LogP contribution in [0.25, 0.3) is 10.9 Å². The predicted molar refractivity (Wildman–Crippen MR) is 112 cm³/mol. The topological polar surface area (TPSA) is 82.6 Å². The van der Waals surface area contributed by atoms with Crippen molar-refractivity contribution in [3.05, 3.63) is 35.5 Å². The number of carbonyl (C=O) groups excluding carboxylic acids is 2. The number of likely N-dealkylation sites (tertiary alicyclic amines) is 1. The SMILES string of the molecule is CC[C@@H]1CN(C(C)=O)[C@H](c2[nH]c3ccccc3c2CCO)C[C@@H]1[C@@H](C)C(=O)OC. The molecule has 0 spiro atoms. The molecule has 0 unspecified atom stereocenters. The number of nitrogens with one attached hydrogen (secondary N) is 1. The van der Waals surface area contributed by atoms with Crippen molar-refractivity contribution in [3.8, 4) is 0 Å².